The van der Waals surface area contributed by atoms with Gasteiger partial charge in [-0.3, -0.25) is 4.79 Å². The van der Waals surface area contributed by atoms with E-state index in [-0.39, 0.29) is 5.91 Å². The Kier molecular flexibility index (Phi) is 4.59. The van der Waals surface area contributed by atoms with E-state index in [0.717, 1.165) is 20.3 Å². The molecule has 0 saturated carbocycles. The van der Waals surface area contributed by atoms with E-state index in [1.165, 1.54) is 11.3 Å². The summed E-state index contributed by atoms with van der Waals surface area (Å²) in [5, 5.41) is 3.45. The van der Waals surface area contributed by atoms with Gasteiger partial charge in [0.15, 0.2) is 5.13 Å². The van der Waals surface area contributed by atoms with E-state index in [1.807, 2.05) is 19.1 Å². The third-order valence-corrected chi connectivity index (χ3v) is 4.08. The summed E-state index contributed by atoms with van der Waals surface area (Å²) in [7, 11) is 0. The fraction of sp³-hybridized carbons (Fsp3) is 0.333. The molecule has 0 unspecified atom stereocenters. The van der Waals surface area contributed by atoms with Crippen molar-refractivity contribution < 1.29 is 4.79 Å². The fourth-order valence-corrected chi connectivity index (χ4v) is 3.47. The van der Waals surface area contributed by atoms with Crippen LogP contribution in [0.4, 0.5) is 5.13 Å². The lowest BCUT2D eigenvalue weighted by molar-refractivity contribution is -0.116. The average molecular weight is 348 g/mol. The quantitative estimate of drug-likeness (QED) is 0.837. The number of halogens is 2. The molecule has 1 heterocycles. The van der Waals surface area contributed by atoms with Gasteiger partial charge in [-0.2, -0.15) is 0 Å². The van der Waals surface area contributed by atoms with Crippen LogP contribution in [0.3, 0.4) is 0 Å². The number of carbonyl (C=O) groups excluding carboxylic acids is 1. The molecule has 3 nitrogen and oxygen atoms in total. The Bertz CT molecular complexity index is 585. The lowest BCUT2D eigenvalue weighted by Crippen LogP contribution is -2.10. The molecule has 96 valence electrons. The second-order valence-electron chi connectivity index (χ2n) is 3.93. The molecular formula is C12H12BrClN2OS. The molecule has 0 fully saturated rings. The molecule has 2 rings (SSSR count). The van der Waals surface area contributed by atoms with Gasteiger partial charge in [0.05, 0.1) is 10.2 Å². The Morgan fingerprint density at radius 1 is 1.56 bits per heavy atom. The van der Waals surface area contributed by atoms with Crippen molar-refractivity contribution >= 4 is 60.1 Å². The van der Waals surface area contributed by atoms with E-state index >= 15 is 0 Å². The number of hydrogen-bond acceptors (Lipinski definition) is 3. The zero-order valence-electron chi connectivity index (χ0n) is 9.80. The van der Waals surface area contributed by atoms with Crippen LogP contribution in [0.25, 0.3) is 10.2 Å². The van der Waals surface area contributed by atoms with Gasteiger partial charge in [-0.25, -0.2) is 4.98 Å². The van der Waals surface area contributed by atoms with E-state index in [1.54, 1.807) is 0 Å². The minimum absolute atomic E-state index is 0.0357. The number of aryl methyl sites for hydroxylation is 1. The standard InChI is InChI=1S/C12H12BrClN2OS/c1-7-5-8(13)6-9-11(7)16-12(18-9)15-10(17)3-2-4-14/h5-6H,2-4H2,1H3,(H,15,16,17). The number of hydrogen-bond donors (Lipinski definition) is 1. The van der Waals surface area contributed by atoms with Crippen molar-refractivity contribution in [2.24, 2.45) is 0 Å². The molecule has 0 spiro atoms. The number of fused-ring (bicyclic) bond motifs is 1. The molecule has 0 saturated heterocycles. The van der Waals surface area contributed by atoms with Crippen molar-refractivity contribution in [2.75, 3.05) is 11.2 Å². The van der Waals surface area contributed by atoms with Crippen LogP contribution in [0.5, 0.6) is 0 Å². The highest BCUT2D eigenvalue weighted by Gasteiger charge is 2.09. The highest BCUT2D eigenvalue weighted by molar-refractivity contribution is 9.10. The van der Waals surface area contributed by atoms with E-state index < -0.39 is 0 Å². The van der Waals surface area contributed by atoms with Crippen LogP contribution in [-0.2, 0) is 4.79 Å². The lowest BCUT2D eigenvalue weighted by atomic mass is 10.2. The molecule has 18 heavy (non-hydrogen) atoms. The summed E-state index contributed by atoms with van der Waals surface area (Å²) in [4.78, 5) is 16.0. The van der Waals surface area contributed by atoms with Gasteiger partial charge in [-0.15, -0.1) is 11.6 Å². The third kappa shape index (κ3) is 3.22. The fourth-order valence-electron chi connectivity index (χ4n) is 1.62. The van der Waals surface area contributed by atoms with Crippen LogP contribution in [-0.4, -0.2) is 16.8 Å². The Morgan fingerprint density at radius 2 is 2.33 bits per heavy atom. The molecule has 1 N–H and O–H groups in total. The topological polar surface area (TPSA) is 42.0 Å². The number of anilines is 1. The molecule has 0 aliphatic carbocycles. The molecule has 0 aliphatic heterocycles. The first-order valence-electron chi connectivity index (χ1n) is 5.52. The van der Waals surface area contributed by atoms with Crippen molar-refractivity contribution in [1.82, 2.24) is 4.98 Å². The molecule has 6 heteroatoms. The number of aromatic nitrogens is 1. The summed E-state index contributed by atoms with van der Waals surface area (Å²) in [6.07, 6.45) is 1.12. The number of nitrogens with one attached hydrogen (secondary N) is 1. The van der Waals surface area contributed by atoms with Gasteiger partial charge in [0.2, 0.25) is 5.91 Å². The molecule has 1 amide bonds. The minimum Gasteiger partial charge on any atom is -0.302 e. The van der Waals surface area contributed by atoms with Crippen LogP contribution < -0.4 is 5.32 Å². The number of alkyl halides is 1. The zero-order valence-corrected chi connectivity index (χ0v) is 13.0. The van der Waals surface area contributed by atoms with E-state index in [2.05, 4.69) is 26.2 Å². The summed E-state index contributed by atoms with van der Waals surface area (Å²) >= 11 is 10.5. The Labute approximate surface area is 123 Å². The van der Waals surface area contributed by atoms with Gasteiger partial charge in [-0.05, 0) is 31.0 Å². The molecule has 0 atom stereocenters. The number of thiazole rings is 1. The highest BCUT2D eigenvalue weighted by Crippen LogP contribution is 2.31. The number of nitrogens with zero attached hydrogens (tertiary/aromatic N) is 1. The second kappa shape index (κ2) is 5.99. The van der Waals surface area contributed by atoms with Gasteiger partial charge in [0.25, 0.3) is 0 Å². The highest BCUT2D eigenvalue weighted by atomic mass is 79.9. The van der Waals surface area contributed by atoms with Crippen molar-refractivity contribution in [1.29, 1.82) is 0 Å². The maximum absolute atomic E-state index is 11.6. The van der Waals surface area contributed by atoms with Crippen LogP contribution in [0.15, 0.2) is 16.6 Å². The lowest BCUT2D eigenvalue weighted by Gasteiger charge is -1.98. The molecule has 2 aromatic rings. The van der Waals surface area contributed by atoms with Crippen molar-refractivity contribution in [3.05, 3.63) is 22.2 Å². The number of benzene rings is 1. The smallest absolute Gasteiger partial charge is 0.226 e. The Balaban J connectivity index is 2.20. The van der Waals surface area contributed by atoms with Crippen LogP contribution >= 0.6 is 38.9 Å². The predicted molar refractivity (Wildman–Crippen MR) is 80.6 cm³/mol. The second-order valence-corrected chi connectivity index (χ2v) is 6.25. The third-order valence-electron chi connectivity index (χ3n) is 2.43. The van der Waals surface area contributed by atoms with Gasteiger partial charge < -0.3 is 5.32 Å². The normalized spacial score (nSPS) is 10.8. The van der Waals surface area contributed by atoms with Gasteiger partial charge in [-0.1, -0.05) is 27.3 Å². The van der Waals surface area contributed by atoms with Gasteiger partial charge in [0, 0.05) is 16.8 Å². The first-order chi connectivity index (χ1) is 8.60. The summed E-state index contributed by atoms with van der Waals surface area (Å²) in [6, 6.07) is 4.02. The summed E-state index contributed by atoms with van der Waals surface area (Å²) in [6.45, 7) is 2.01. The van der Waals surface area contributed by atoms with Crippen LogP contribution in [0, 0.1) is 6.92 Å². The Hall–Kier alpha value is -0.650. The molecule has 1 aromatic carbocycles. The first-order valence-corrected chi connectivity index (χ1v) is 7.67. The molecular weight excluding hydrogens is 336 g/mol. The number of amides is 1. The summed E-state index contributed by atoms with van der Waals surface area (Å²) in [5.41, 5.74) is 2.03. The Morgan fingerprint density at radius 3 is 3.06 bits per heavy atom. The predicted octanol–water partition coefficient (Wildman–Crippen LogP) is 4.32. The van der Waals surface area contributed by atoms with E-state index in [0.29, 0.717) is 23.9 Å². The van der Waals surface area contributed by atoms with Gasteiger partial charge in [0.1, 0.15) is 0 Å². The monoisotopic (exact) mass is 346 g/mol. The molecule has 0 aliphatic rings. The maximum Gasteiger partial charge on any atom is 0.226 e. The molecule has 1 aromatic heterocycles. The number of carbonyl (C=O) groups is 1. The van der Waals surface area contributed by atoms with Crippen molar-refractivity contribution in [2.45, 2.75) is 19.8 Å². The van der Waals surface area contributed by atoms with Crippen LogP contribution in [0.1, 0.15) is 18.4 Å². The maximum atomic E-state index is 11.6. The molecule has 0 radical (unpaired) electrons. The summed E-state index contributed by atoms with van der Waals surface area (Å²) in [5.74, 6) is 0.464. The number of rotatable bonds is 4. The van der Waals surface area contributed by atoms with E-state index in [4.69, 9.17) is 11.6 Å². The zero-order chi connectivity index (χ0) is 13.1. The SMILES string of the molecule is Cc1cc(Br)cc2sc(NC(=O)CCCCl)nc12. The minimum atomic E-state index is -0.0357. The first kappa shape index (κ1) is 13.8. The molecule has 0 bridgehead atoms. The van der Waals surface area contributed by atoms with Crippen molar-refractivity contribution in [3.8, 4) is 0 Å². The van der Waals surface area contributed by atoms with E-state index in [9.17, 15) is 4.79 Å². The largest absolute Gasteiger partial charge is 0.302 e. The van der Waals surface area contributed by atoms with Crippen LogP contribution in [0.2, 0.25) is 0 Å². The van der Waals surface area contributed by atoms with Crippen molar-refractivity contribution in [3.63, 3.8) is 0 Å². The van der Waals surface area contributed by atoms with Gasteiger partial charge >= 0.3 is 0 Å². The summed E-state index contributed by atoms with van der Waals surface area (Å²) < 4.78 is 2.09. The average Bonchev–Trinajstić information content (AvgIpc) is 2.69.